The van der Waals surface area contributed by atoms with Gasteiger partial charge in [-0.15, -0.1) is 0 Å². The van der Waals surface area contributed by atoms with Gasteiger partial charge in [-0.1, -0.05) is 63.4 Å². The topological polar surface area (TPSA) is 0 Å². The van der Waals surface area contributed by atoms with Gasteiger partial charge in [0.25, 0.3) is 0 Å². The maximum Gasteiger partial charge on any atom is 0.0673 e. The monoisotopic (exact) mass is 356 g/mol. The van der Waals surface area contributed by atoms with E-state index < -0.39 is 0 Å². The minimum absolute atomic E-state index is 0.00620. The molecule has 100 valence electrons. The fourth-order valence-electron chi connectivity index (χ4n) is 2.03. The van der Waals surface area contributed by atoms with E-state index in [9.17, 15) is 0 Å². The zero-order valence-electron chi connectivity index (χ0n) is 11.1. The Morgan fingerprint density at radius 1 is 0.895 bits per heavy atom. The molecule has 0 N–H and O–H groups in total. The zero-order chi connectivity index (χ0) is 14.2. The molecule has 0 fully saturated rings. The summed E-state index contributed by atoms with van der Waals surface area (Å²) in [6.07, 6.45) is 0. The Bertz CT molecular complexity index is 620. The minimum Gasteiger partial charge on any atom is -0.0840 e. The summed E-state index contributed by atoms with van der Waals surface area (Å²) in [6, 6.07) is 10.2. The van der Waals surface area contributed by atoms with Crippen molar-refractivity contribution in [3.8, 4) is 0 Å². The van der Waals surface area contributed by atoms with Crippen LogP contribution in [0.25, 0.3) is 0 Å². The van der Waals surface area contributed by atoms with Crippen LogP contribution < -0.4 is 0 Å². The Morgan fingerprint density at radius 2 is 1.53 bits per heavy atom. The van der Waals surface area contributed by atoms with Gasteiger partial charge < -0.3 is 0 Å². The molecule has 19 heavy (non-hydrogen) atoms. The van der Waals surface area contributed by atoms with Crippen LogP contribution in [-0.2, 0) is 0 Å². The fourth-order valence-corrected chi connectivity index (χ4v) is 3.62. The summed E-state index contributed by atoms with van der Waals surface area (Å²) < 4.78 is 0. The van der Waals surface area contributed by atoms with Gasteiger partial charge in [0.05, 0.1) is 4.83 Å². The minimum atomic E-state index is 0.00620. The molecule has 0 bridgehead atoms. The predicted molar refractivity (Wildman–Crippen MR) is 87.9 cm³/mol. The summed E-state index contributed by atoms with van der Waals surface area (Å²) in [5, 5.41) is 1.56. The second-order valence-electron chi connectivity index (χ2n) is 4.80. The summed E-state index contributed by atoms with van der Waals surface area (Å²) in [4.78, 5) is 0.00620. The van der Waals surface area contributed by atoms with E-state index in [2.05, 4.69) is 35.8 Å². The van der Waals surface area contributed by atoms with Crippen LogP contribution in [0.1, 0.15) is 32.6 Å². The molecule has 0 aromatic heterocycles. The average molecular weight is 358 g/mol. The van der Waals surface area contributed by atoms with Crippen molar-refractivity contribution >= 4 is 39.1 Å². The highest BCUT2D eigenvalue weighted by molar-refractivity contribution is 9.09. The first-order valence-electron chi connectivity index (χ1n) is 6.07. The van der Waals surface area contributed by atoms with Crippen LogP contribution in [0.4, 0.5) is 0 Å². The lowest BCUT2D eigenvalue weighted by Crippen LogP contribution is -1.98. The van der Waals surface area contributed by atoms with Crippen molar-refractivity contribution in [3.63, 3.8) is 0 Å². The first-order chi connectivity index (χ1) is 8.91. The quantitative estimate of drug-likeness (QED) is 0.545. The van der Waals surface area contributed by atoms with Crippen molar-refractivity contribution in [2.45, 2.75) is 25.6 Å². The largest absolute Gasteiger partial charge is 0.0840 e. The molecule has 0 amide bonds. The first-order valence-corrected chi connectivity index (χ1v) is 7.74. The molecule has 0 nitrogen and oxygen atoms in total. The maximum absolute atomic E-state index is 6.39. The Hall–Kier alpha value is -0.500. The van der Waals surface area contributed by atoms with E-state index in [1.165, 1.54) is 11.1 Å². The lowest BCUT2D eigenvalue weighted by atomic mass is 9.99. The average Bonchev–Trinajstić information content (AvgIpc) is 2.36. The van der Waals surface area contributed by atoms with Crippen molar-refractivity contribution in [1.82, 2.24) is 0 Å². The van der Waals surface area contributed by atoms with Gasteiger partial charge in [-0.2, -0.15) is 0 Å². The lowest BCUT2D eigenvalue weighted by Gasteiger charge is -2.17. The van der Waals surface area contributed by atoms with E-state index in [1.54, 1.807) is 0 Å². The van der Waals surface area contributed by atoms with Crippen molar-refractivity contribution < 1.29 is 0 Å². The Labute approximate surface area is 132 Å². The molecular formula is C16H15BrCl2. The van der Waals surface area contributed by atoms with Crippen molar-refractivity contribution in [3.05, 3.63) is 68.2 Å². The van der Waals surface area contributed by atoms with Crippen LogP contribution in [-0.4, -0.2) is 0 Å². The molecule has 2 aromatic carbocycles. The molecule has 0 aliphatic heterocycles. The number of aryl methyl sites for hydroxylation is 3. The van der Waals surface area contributed by atoms with Crippen LogP contribution in [0.5, 0.6) is 0 Å². The summed E-state index contributed by atoms with van der Waals surface area (Å²) in [5.74, 6) is 0. The Morgan fingerprint density at radius 3 is 2.21 bits per heavy atom. The normalized spacial score (nSPS) is 12.5. The molecule has 0 aliphatic rings. The van der Waals surface area contributed by atoms with E-state index in [0.717, 1.165) is 26.7 Å². The van der Waals surface area contributed by atoms with Crippen LogP contribution >= 0.6 is 39.1 Å². The third kappa shape index (κ3) is 2.99. The van der Waals surface area contributed by atoms with Crippen LogP contribution in [0.2, 0.25) is 10.0 Å². The number of hydrogen-bond acceptors (Lipinski definition) is 0. The van der Waals surface area contributed by atoms with Gasteiger partial charge in [0.1, 0.15) is 0 Å². The van der Waals surface area contributed by atoms with Crippen molar-refractivity contribution in [2.75, 3.05) is 0 Å². The molecule has 0 spiro atoms. The SMILES string of the molecule is Cc1cc(Cl)c(C(Br)c2cccc(C)c2Cl)cc1C. The van der Waals surface area contributed by atoms with Gasteiger partial charge in [-0.3, -0.25) is 0 Å². The summed E-state index contributed by atoms with van der Waals surface area (Å²) >= 11 is 16.5. The molecule has 1 atom stereocenters. The van der Waals surface area contributed by atoms with Gasteiger partial charge in [0.15, 0.2) is 0 Å². The highest BCUT2D eigenvalue weighted by Gasteiger charge is 2.18. The second-order valence-corrected chi connectivity index (χ2v) is 6.50. The van der Waals surface area contributed by atoms with E-state index in [-0.39, 0.29) is 4.83 Å². The number of alkyl halides is 1. The molecular weight excluding hydrogens is 343 g/mol. The van der Waals surface area contributed by atoms with E-state index in [4.69, 9.17) is 23.2 Å². The van der Waals surface area contributed by atoms with Crippen LogP contribution in [0, 0.1) is 20.8 Å². The number of halogens is 3. The van der Waals surface area contributed by atoms with Crippen LogP contribution in [0.3, 0.4) is 0 Å². The summed E-state index contributed by atoms with van der Waals surface area (Å²) in [6.45, 7) is 6.16. The first kappa shape index (κ1) is 14.9. The molecule has 0 aliphatic carbocycles. The number of benzene rings is 2. The van der Waals surface area contributed by atoms with Gasteiger partial charge in [0, 0.05) is 10.0 Å². The van der Waals surface area contributed by atoms with Crippen molar-refractivity contribution in [1.29, 1.82) is 0 Å². The summed E-state index contributed by atoms with van der Waals surface area (Å²) in [7, 11) is 0. The highest BCUT2D eigenvalue weighted by atomic mass is 79.9. The standard InChI is InChI=1S/C16H15BrCl2/c1-9-5-4-6-12(16(9)19)15(17)13-7-10(2)11(3)8-14(13)18/h4-8,15H,1-3H3. The Kier molecular flexibility index (Phi) is 4.60. The van der Waals surface area contributed by atoms with Gasteiger partial charge >= 0.3 is 0 Å². The smallest absolute Gasteiger partial charge is 0.0673 e. The maximum atomic E-state index is 6.39. The third-order valence-corrected chi connectivity index (χ3v) is 5.21. The summed E-state index contributed by atoms with van der Waals surface area (Å²) in [5.41, 5.74) is 5.60. The van der Waals surface area contributed by atoms with Crippen molar-refractivity contribution in [2.24, 2.45) is 0 Å². The van der Waals surface area contributed by atoms with E-state index in [1.807, 2.05) is 31.2 Å². The molecule has 1 unspecified atom stereocenters. The van der Waals surface area contributed by atoms with Gasteiger partial charge in [-0.25, -0.2) is 0 Å². The number of rotatable bonds is 2. The van der Waals surface area contributed by atoms with E-state index in [0.29, 0.717) is 0 Å². The zero-order valence-corrected chi connectivity index (χ0v) is 14.2. The Balaban J connectivity index is 2.53. The number of hydrogen-bond donors (Lipinski definition) is 0. The highest BCUT2D eigenvalue weighted by Crippen LogP contribution is 2.40. The molecule has 0 radical (unpaired) electrons. The van der Waals surface area contributed by atoms with Gasteiger partial charge in [0.2, 0.25) is 0 Å². The fraction of sp³-hybridized carbons (Fsp3) is 0.250. The molecule has 2 aromatic rings. The lowest BCUT2D eigenvalue weighted by molar-refractivity contribution is 1.15. The van der Waals surface area contributed by atoms with Crippen LogP contribution in [0.15, 0.2) is 30.3 Å². The molecule has 0 saturated heterocycles. The molecule has 0 heterocycles. The third-order valence-electron chi connectivity index (χ3n) is 3.38. The van der Waals surface area contributed by atoms with E-state index >= 15 is 0 Å². The second kappa shape index (κ2) is 5.87. The predicted octanol–water partition coefficient (Wildman–Crippen LogP) is 6.40. The molecule has 0 saturated carbocycles. The van der Waals surface area contributed by atoms with Gasteiger partial charge in [-0.05, 0) is 54.7 Å². The molecule has 2 rings (SSSR count). The molecule has 3 heteroatoms.